The molecule has 0 radical (unpaired) electrons. The van der Waals surface area contributed by atoms with E-state index in [-0.39, 0.29) is 12.2 Å². The van der Waals surface area contributed by atoms with Gasteiger partial charge >= 0.3 is 11.9 Å². The van der Waals surface area contributed by atoms with Crippen molar-refractivity contribution in [3.63, 3.8) is 0 Å². The van der Waals surface area contributed by atoms with E-state index in [2.05, 4.69) is 5.32 Å². The van der Waals surface area contributed by atoms with Crippen LogP contribution in [-0.4, -0.2) is 23.1 Å². The highest BCUT2D eigenvalue weighted by molar-refractivity contribution is 6.31. The Morgan fingerprint density at radius 3 is 2.57 bits per heavy atom. The first-order valence-corrected chi connectivity index (χ1v) is 7.35. The molecule has 0 unspecified atom stereocenters. The van der Waals surface area contributed by atoms with Crippen molar-refractivity contribution in [2.24, 2.45) is 0 Å². The average Bonchev–Trinajstić information content (AvgIpc) is 2.55. The van der Waals surface area contributed by atoms with E-state index in [9.17, 15) is 9.59 Å². The fourth-order valence-electron chi connectivity index (χ4n) is 1.91. The highest BCUT2D eigenvalue weighted by atomic mass is 35.5. The zero-order valence-electron chi connectivity index (χ0n) is 12.5. The molecule has 2 N–H and O–H groups in total. The normalized spacial score (nSPS) is 11.6. The van der Waals surface area contributed by atoms with Crippen LogP contribution in [0.5, 0.6) is 0 Å². The number of carbonyl (C=O) groups is 2. The third-order valence-electron chi connectivity index (χ3n) is 3.16. The molecule has 0 bridgehead atoms. The van der Waals surface area contributed by atoms with Gasteiger partial charge in [0.2, 0.25) is 0 Å². The van der Waals surface area contributed by atoms with Gasteiger partial charge < -0.3 is 15.2 Å². The van der Waals surface area contributed by atoms with Crippen molar-refractivity contribution in [1.82, 2.24) is 0 Å². The van der Waals surface area contributed by atoms with Crippen molar-refractivity contribution in [3.05, 3.63) is 64.7 Å². The minimum atomic E-state index is -1.02. The molecular weight excluding hydrogens is 318 g/mol. The van der Waals surface area contributed by atoms with E-state index in [1.165, 1.54) is 13.0 Å². The number of benzene rings is 2. The zero-order valence-corrected chi connectivity index (χ0v) is 13.2. The Bertz CT molecular complexity index is 703. The van der Waals surface area contributed by atoms with E-state index >= 15 is 0 Å². The number of carbonyl (C=O) groups excluding carboxylic acids is 1. The summed E-state index contributed by atoms with van der Waals surface area (Å²) in [5.41, 5.74) is 1.42. The Labute approximate surface area is 138 Å². The summed E-state index contributed by atoms with van der Waals surface area (Å²) in [6, 6.07) is 13.0. The molecule has 0 aromatic heterocycles. The second kappa shape index (κ2) is 7.65. The minimum absolute atomic E-state index is 0.125. The third kappa shape index (κ3) is 4.72. The van der Waals surface area contributed by atoms with Crippen molar-refractivity contribution >= 4 is 29.2 Å². The predicted molar refractivity (Wildman–Crippen MR) is 87.7 cm³/mol. The highest BCUT2D eigenvalue weighted by Crippen LogP contribution is 2.23. The molecule has 0 heterocycles. The minimum Gasteiger partial charge on any atom is -0.480 e. The molecule has 0 saturated heterocycles. The van der Waals surface area contributed by atoms with Crippen LogP contribution in [0, 0.1) is 0 Å². The molecule has 1 atom stereocenters. The first kappa shape index (κ1) is 16.8. The maximum atomic E-state index is 12.3. The molecule has 0 fully saturated rings. The molecule has 6 heteroatoms. The summed E-state index contributed by atoms with van der Waals surface area (Å²) >= 11 is 5.93. The molecule has 0 aliphatic heterocycles. The molecule has 0 aliphatic carbocycles. The van der Waals surface area contributed by atoms with E-state index in [0.717, 1.165) is 5.56 Å². The summed E-state index contributed by atoms with van der Waals surface area (Å²) in [5, 5.41) is 12.1. The van der Waals surface area contributed by atoms with Gasteiger partial charge in [0.15, 0.2) is 0 Å². The van der Waals surface area contributed by atoms with Gasteiger partial charge in [0.25, 0.3) is 0 Å². The average molecular weight is 334 g/mol. The predicted octanol–water partition coefficient (Wildman–Crippen LogP) is 3.58. The van der Waals surface area contributed by atoms with Crippen molar-refractivity contribution in [2.45, 2.75) is 19.6 Å². The number of ether oxygens (including phenoxy) is 1. The van der Waals surface area contributed by atoms with Gasteiger partial charge in [-0.1, -0.05) is 41.9 Å². The van der Waals surface area contributed by atoms with Crippen LogP contribution in [0.4, 0.5) is 5.69 Å². The smallest absolute Gasteiger partial charge is 0.340 e. The summed E-state index contributed by atoms with van der Waals surface area (Å²) in [7, 11) is 0. The third-order valence-corrected chi connectivity index (χ3v) is 3.39. The van der Waals surface area contributed by atoms with Gasteiger partial charge in [0.05, 0.1) is 5.56 Å². The Balaban J connectivity index is 2.14. The molecule has 0 saturated carbocycles. The first-order chi connectivity index (χ1) is 11.0. The monoisotopic (exact) mass is 333 g/mol. The van der Waals surface area contributed by atoms with Crippen LogP contribution in [-0.2, 0) is 16.1 Å². The number of hydrogen-bond donors (Lipinski definition) is 2. The quantitative estimate of drug-likeness (QED) is 0.790. The Kier molecular flexibility index (Phi) is 5.60. The number of nitrogens with one attached hydrogen (secondary N) is 1. The Morgan fingerprint density at radius 2 is 1.91 bits per heavy atom. The van der Waals surface area contributed by atoms with Crippen molar-refractivity contribution < 1.29 is 19.4 Å². The maximum Gasteiger partial charge on any atom is 0.340 e. The number of hydrogen-bond acceptors (Lipinski definition) is 4. The summed E-state index contributed by atoms with van der Waals surface area (Å²) in [6.45, 7) is 1.61. The molecule has 0 amide bonds. The lowest BCUT2D eigenvalue weighted by Crippen LogP contribution is -2.26. The van der Waals surface area contributed by atoms with E-state index in [1.54, 1.807) is 12.1 Å². The molecule has 23 heavy (non-hydrogen) atoms. The summed E-state index contributed by atoms with van der Waals surface area (Å²) in [4.78, 5) is 23.2. The summed E-state index contributed by atoms with van der Waals surface area (Å²) in [6.07, 6.45) is 0. The fourth-order valence-corrected chi connectivity index (χ4v) is 2.08. The van der Waals surface area contributed by atoms with Crippen LogP contribution < -0.4 is 5.32 Å². The molecule has 2 aromatic rings. The zero-order chi connectivity index (χ0) is 16.8. The molecule has 0 spiro atoms. The maximum absolute atomic E-state index is 12.3. The molecule has 5 nitrogen and oxygen atoms in total. The SMILES string of the molecule is C[C@H](Nc1ccc(Cl)cc1C(=O)OCc1ccccc1)C(=O)O. The number of carboxylic acids is 1. The number of esters is 1. The molecular formula is C17H16ClNO4. The van der Waals surface area contributed by atoms with Gasteiger partial charge in [0, 0.05) is 10.7 Å². The van der Waals surface area contributed by atoms with Crippen LogP contribution >= 0.6 is 11.6 Å². The number of anilines is 1. The lowest BCUT2D eigenvalue weighted by molar-refractivity contribution is -0.137. The van der Waals surface area contributed by atoms with Gasteiger partial charge in [-0.25, -0.2) is 4.79 Å². The molecule has 2 rings (SSSR count). The van der Waals surface area contributed by atoms with Crippen LogP contribution in [0.3, 0.4) is 0 Å². The Morgan fingerprint density at radius 1 is 1.22 bits per heavy atom. The van der Waals surface area contributed by atoms with Crippen molar-refractivity contribution in [3.8, 4) is 0 Å². The number of carboxylic acid groups (broad SMARTS) is 1. The standard InChI is InChI=1S/C17H16ClNO4/c1-11(16(20)21)19-15-8-7-13(18)9-14(15)17(22)23-10-12-5-3-2-4-6-12/h2-9,11,19H,10H2,1H3,(H,20,21)/t11-/m0/s1. The van der Waals surface area contributed by atoms with Crippen LogP contribution in [0.15, 0.2) is 48.5 Å². The first-order valence-electron chi connectivity index (χ1n) is 6.97. The molecule has 2 aromatic carbocycles. The van der Waals surface area contributed by atoms with Crippen molar-refractivity contribution in [1.29, 1.82) is 0 Å². The highest BCUT2D eigenvalue weighted by Gasteiger charge is 2.18. The van der Waals surface area contributed by atoms with Crippen LogP contribution in [0.1, 0.15) is 22.8 Å². The summed E-state index contributed by atoms with van der Waals surface area (Å²) in [5.74, 6) is -1.60. The van der Waals surface area contributed by atoms with Gasteiger partial charge in [0.1, 0.15) is 12.6 Å². The van der Waals surface area contributed by atoms with Crippen molar-refractivity contribution in [2.75, 3.05) is 5.32 Å². The van der Waals surface area contributed by atoms with Gasteiger partial charge in [-0.05, 0) is 30.7 Å². The fraction of sp³-hybridized carbons (Fsp3) is 0.176. The molecule has 0 aliphatic rings. The van der Waals surface area contributed by atoms with E-state index in [0.29, 0.717) is 10.7 Å². The van der Waals surface area contributed by atoms with Gasteiger partial charge in [-0.2, -0.15) is 0 Å². The second-order valence-corrected chi connectivity index (χ2v) is 5.39. The largest absolute Gasteiger partial charge is 0.480 e. The van der Waals surface area contributed by atoms with E-state index in [1.807, 2.05) is 30.3 Å². The van der Waals surface area contributed by atoms with Gasteiger partial charge in [-0.15, -0.1) is 0 Å². The number of aliphatic carboxylic acids is 1. The van der Waals surface area contributed by atoms with Crippen LogP contribution in [0.25, 0.3) is 0 Å². The van der Waals surface area contributed by atoms with E-state index < -0.39 is 18.0 Å². The lowest BCUT2D eigenvalue weighted by atomic mass is 10.1. The Hall–Kier alpha value is -2.53. The van der Waals surface area contributed by atoms with Crippen LogP contribution in [0.2, 0.25) is 5.02 Å². The second-order valence-electron chi connectivity index (χ2n) is 4.96. The lowest BCUT2D eigenvalue weighted by Gasteiger charge is -2.15. The number of halogens is 1. The summed E-state index contributed by atoms with van der Waals surface area (Å²) < 4.78 is 5.27. The van der Waals surface area contributed by atoms with E-state index in [4.69, 9.17) is 21.4 Å². The topological polar surface area (TPSA) is 75.6 Å². The van der Waals surface area contributed by atoms with Gasteiger partial charge in [-0.3, -0.25) is 4.79 Å². The number of rotatable bonds is 6. The molecule has 120 valence electrons.